The highest BCUT2D eigenvalue weighted by atomic mass is 31.2. The molecule has 4 N–H and O–H groups in total. The van der Waals surface area contributed by atoms with E-state index in [9.17, 15) is 29.1 Å². The standard InChI is InChI=1S/C34H56O8P2/c1-15-41-43(37,38)29(21-17-23(31(3,4)5)27(35)24(18-21)32(6,7)8)30(44(39,40)42-16-2)22-19-25(33(9,10)11)28(36)26(20-22)34(12,13)14/h17-20,29-30,35-36H,15-16H2,1-14H3,(H,37,38)(H,39,40). The molecule has 2 aromatic rings. The average molecular weight is 655 g/mol. The monoisotopic (exact) mass is 654 g/mol. The second kappa shape index (κ2) is 12.9. The molecule has 0 heterocycles. The lowest BCUT2D eigenvalue weighted by Gasteiger charge is -2.36. The summed E-state index contributed by atoms with van der Waals surface area (Å²) in [5.74, 6) is 0.139. The Bertz CT molecular complexity index is 1260. The number of rotatable bonds is 9. The molecule has 2 aromatic carbocycles. The van der Waals surface area contributed by atoms with Crippen LogP contribution in [0.4, 0.5) is 0 Å². The Morgan fingerprint density at radius 1 is 0.545 bits per heavy atom. The molecule has 10 heteroatoms. The highest BCUT2D eigenvalue weighted by Crippen LogP contribution is 2.73. The fraction of sp³-hybridized carbons (Fsp3) is 0.647. The quantitative estimate of drug-likeness (QED) is 0.197. The summed E-state index contributed by atoms with van der Waals surface area (Å²) >= 11 is 0. The van der Waals surface area contributed by atoms with E-state index in [0.717, 1.165) is 0 Å². The van der Waals surface area contributed by atoms with Crippen LogP contribution in [0.25, 0.3) is 0 Å². The summed E-state index contributed by atoms with van der Waals surface area (Å²) in [5, 5.41) is 22.9. The molecule has 0 amide bonds. The van der Waals surface area contributed by atoms with E-state index in [0.29, 0.717) is 22.3 Å². The van der Waals surface area contributed by atoms with Crippen molar-refractivity contribution in [3.63, 3.8) is 0 Å². The Kier molecular flexibility index (Phi) is 11.3. The third-order valence-corrected chi connectivity index (χ3v) is 11.9. The van der Waals surface area contributed by atoms with Gasteiger partial charge in [0, 0.05) is 0 Å². The fourth-order valence-electron chi connectivity index (χ4n) is 5.57. The zero-order valence-electron chi connectivity index (χ0n) is 29.2. The van der Waals surface area contributed by atoms with Crippen molar-refractivity contribution in [1.29, 1.82) is 0 Å². The molecule has 44 heavy (non-hydrogen) atoms. The minimum atomic E-state index is -4.71. The Balaban J connectivity index is 3.30. The number of hydrogen-bond donors (Lipinski definition) is 4. The minimum Gasteiger partial charge on any atom is -0.507 e. The SMILES string of the molecule is CCOP(=O)(O)C(c1cc(C(C)(C)C)c(O)c(C(C)(C)C)c1)C(c1cc(C(C)(C)C)c(O)c(C(C)(C)C)c1)P(=O)(O)OCC. The molecule has 8 nitrogen and oxygen atoms in total. The van der Waals surface area contributed by atoms with Crippen molar-refractivity contribution in [1.82, 2.24) is 0 Å². The number of hydrogen-bond acceptors (Lipinski definition) is 6. The molecular formula is C34H56O8P2. The molecule has 0 fully saturated rings. The normalized spacial score (nSPS) is 17.5. The maximum absolute atomic E-state index is 14.4. The van der Waals surface area contributed by atoms with E-state index in [1.54, 1.807) is 38.1 Å². The molecule has 0 aliphatic carbocycles. The largest absolute Gasteiger partial charge is 0.507 e. The lowest BCUT2D eigenvalue weighted by Crippen LogP contribution is -2.22. The smallest absolute Gasteiger partial charge is 0.336 e. The van der Waals surface area contributed by atoms with Gasteiger partial charge in [-0.05, 0) is 68.9 Å². The Hall–Kier alpha value is -1.66. The third kappa shape index (κ3) is 8.37. The summed E-state index contributed by atoms with van der Waals surface area (Å²) in [6, 6.07) is 6.58. The number of phenolic OH excluding ortho intramolecular Hbond substituents is 2. The zero-order valence-corrected chi connectivity index (χ0v) is 31.0. The van der Waals surface area contributed by atoms with Crippen molar-refractivity contribution >= 4 is 15.2 Å². The van der Waals surface area contributed by atoms with Crippen LogP contribution in [0.5, 0.6) is 11.5 Å². The van der Waals surface area contributed by atoms with Crippen molar-refractivity contribution in [2.24, 2.45) is 0 Å². The second-order valence-corrected chi connectivity index (χ2v) is 19.7. The molecule has 0 saturated heterocycles. The van der Waals surface area contributed by atoms with Gasteiger partial charge in [-0.2, -0.15) is 0 Å². The molecule has 4 unspecified atom stereocenters. The summed E-state index contributed by atoms with van der Waals surface area (Å²) in [7, 11) is -9.41. The second-order valence-electron chi connectivity index (χ2n) is 15.8. The summed E-state index contributed by atoms with van der Waals surface area (Å²) < 4.78 is 39.8. The van der Waals surface area contributed by atoms with Gasteiger partial charge in [-0.1, -0.05) is 107 Å². The van der Waals surface area contributed by atoms with Crippen molar-refractivity contribution in [2.45, 2.75) is 130 Å². The van der Waals surface area contributed by atoms with E-state index in [1.807, 2.05) is 83.1 Å². The summed E-state index contributed by atoms with van der Waals surface area (Å²) in [4.78, 5) is 23.4. The van der Waals surface area contributed by atoms with Gasteiger partial charge in [0.15, 0.2) is 0 Å². The molecule has 2 rings (SSSR count). The van der Waals surface area contributed by atoms with Gasteiger partial charge in [0.2, 0.25) is 0 Å². The van der Waals surface area contributed by atoms with Crippen LogP contribution in [-0.4, -0.2) is 33.2 Å². The van der Waals surface area contributed by atoms with Gasteiger partial charge in [0.05, 0.1) is 13.2 Å². The predicted molar refractivity (Wildman–Crippen MR) is 179 cm³/mol. The Morgan fingerprint density at radius 2 is 0.750 bits per heavy atom. The molecule has 0 aliphatic rings. The van der Waals surface area contributed by atoms with E-state index < -0.39 is 48.2 Å². The van der Waals surface area contributed by atoms with Gasteiger partial charge in [0.25, 0.3) is 0 Å². The molecule has 4 atom stereocenters. The fourth-order valence-corrected chi connectivity index (χ4v) is 9.75. The number of benzene rings is 2. The topological polar surface area (TPSA) is 134 Å². The van der Waals surface area contributed by atoms with Crippen LogP contribution in [0, 0.1) is 0 Å². The van der Waals surface area contributed by atoms with Crippen LogP contribution in [0.1, 0.15) is 142 Å². The van der Waals surface area contributed by atoms with E-state index in [4.69, 9.17) is 9.05 Å². The lowest BCUT2D eigenvalue weighted by atomic mass is 9.77. The van der Waals surface area contributed by atoms with Crippen molar-refractivity contribution in [2.75, 3.05) is 13.2 Å². The maximum Gasteiger partial charge on any atom is 0.336 e. The Labute approximate surface area is 265 Å². The van der Waals surface area contributed by atoms with E-state index >= 15 is 0 Å². The molecule has 0 radical (unpaired) electrons. The van der Waals surface area contributed by atoms with Crippen molar-refractivity contribution in [3.05, 3.63) is 57.6 Å². The zero-order chi connectivity index (χ0) is 34.4. The first-order chi connectivity index (χ1) is 19.6. The molecule has 0 aliphatic heterocycles. The highest BCUT2D eigenvalue weighted by molar-refractivity contribution is 7.57. The van der Waals surface area contributed by atoms with Crippen molar-refractivity contribution < 1.29 is 38.2 Å². The van der Waals surface area contributed by atoms with Crippen LogP contribution in [0.15, 0.2) is 24.3 Å². The Morgan fingerprint density at radius 3 is 0.909 bits per heavy atom. The lowest BCUT2D eigenvalue weighted by molar-refractivity contribution is 0.244. The minimum absolute atomic E-state index is 0.0693. The van der Waals surface area contributed by atoms with Crippen LogP contribution in [0.3, 0.4) is 0 Å². The highest BCUT2D eigenvalue weighted by Gasteiger charge is 2.51. The maximum atomic E-state index is 14.4. The van der Waals surface area contributed by atoms with E-state index in [-0.39, 0.29) is 35.8 Å². The summed E-state index contributed by atoms with van der Waals surface area (Å²) in [6.45, 7) is 26.0. The molecule has 0 bridgehead atoms. The van der Waals surface area contributed by atoms with E-state index in [1.165, 1.54) is 0 Å². The molecule has 0 aromatic heterocycles. The van der Waals surface area contributed by atoms with Gasteiger partial charge in [-0.3, -0.25) is 9.13 Å². The predicted octanol–water partition coefficient (Wildman–Crippen LogP) is 9.51. The van der Waals surface area contributed by atoms with Crippen LogP contribution in [0.2, 0.25) is 0 Å². The first kappa shape index (κ1) is 38.5. The van der Waals surface area contributed by atoms with Crippen LogP contribution in [-0.2, 0) is 39.8 Å². The molecule has 0 saturated carbocycles. The van der Waals surface area contributed by atoms with Gasteiger partial charge in [-0.15, -0.1) is 0 Å². The van der Waals surface area contributed by atoms with Crippen molar-refractivity contribution in [3.8, 4) is 11.5 Å². The first-order valence-corrected chi connectivity index (χ1v) is 18.6. The van der Waals surface area contributed by atoms with Crippen LogP contribution < -0.4 is 0 Å². The van der Waals surface area contributed by atoms with Gasteiger partial charge >= 0.3 is 15.2 Å². The summed E-state index contributed by atoms with van der Waals surface area (Å²) in [6.07, 6.45) is 0. The van der Waals surface area contributed by atoms with E-state index in [2.05, 4.69) is 0 Å². The molecule has 0 spiro atoms. The first-order valence-electron chi connectivity index (χ1n) is 15.3. The van der Waals surface area contributed by atoms with Gasteiger partial charge in [-0.25, -0.2) is 0 Å². The van der Waals surface area contributed by atoms with Gasteiger partial charge in [0.1, 0.15) is 22.8 Å². The third-order valence-electron chi connectivity index (χ3n) is 7.81. The molecular weight excluding hydrogens is 598 g/mol. The molecule has 250 valence electrons. The average Bonchev–Trinajstić information content (AvgIpc) is 2.80. The summed E-state index contributed by atoms with van der Waals surface area (Å²) in [5.41, 5.74) is -2.76. The number of aromatic hydroxyl groups is 2. The number of phenols is 2. The van der Waals surface area contributed by atoms with Gasteiger partial charge < -0.3 is 29.0 Å². The van der Waals surface area contributed by atoms with Crippen LogP contribution >= 0.6 is 15.2 Å².